The van der Waals surface area contributed by atoms with E-state index in [0.717, 1.165) is 22.1 Å². The molecule has 5 aromatic rings. The van der Waals surface area contributed by atoms with E-state index in [1.165, 1.54) is 10.6 Å². The molecule has 0 atom stereocenters. The van der Waals surface area contributed by atoms with Crippen LogP contribution in [0.4, 0.5) is 27.8 Å². The first-order chi connectivity index (χ1) is 19.8. The molecule has 0 aliphatic rings. The van der Waals surface area contributed by atoms with Crippen LogP contribution in [0.15, 0.2) is 94.7 Å². The highest BCUT2D eigenvalue weighted by atomic mass is 79.9. The molecule has 0 aliphatic carbocycles. The van der Waals surface area contributed by atoms with E-state index in [4.69, 9.17) is 5.73 Å². The van der Waals surface area contributed by atoms with Gasteiger partial charge in [-0.05, 0) is 88.4 Å². The second kappa shape index (κ2) is 12.3. The molecule has 10 nitrogen and oxygen atoms in total. The lowest BCUT2D eigenvalue weighted by molar-refractivity contribution is 0.102. The van der Waals surface area contributed by atoms with Gasteiger partial charge in [-0.3, -0.25) is 4.79 Å². The molecule has 0 saturated heterocycles. The van der Waals surface area contributed by atoms with Crippen LogP contribution in [0.3, 0.4) is 0 Å². The summed E-state index contributed by atoms with van der Waals surface area (Å²) in [6.07, 6.45) is 3.04. The van der Waals surface area contributed by atoms with Crippen LogP contribution >= 0.6 is 27.9 Å². The molecule has 0 saturated carbocycles. The van der Waals surface area contributed by atoms with Gasteiger partial charge >= 0.3 is 6.03 Å². The third-order valence-electron chi connectivity index (χ3n) is 5.95. The molecule has 2 aromatic carbocycles. The molecule has 41 heavy (non-hydrogen) atoms. The summed E-state index contributed by atoms with van der Waals surface area (Å²) < 4.78 is 2.17. The van der Waals surface area contributed by atoms with Crippen LogP contribution in [0, 0.1) is 0 Å². The fourth-order valence-electron chi connectivity index (χ4n) is 3.88. The van der Waals surface area contributed by atoms with E-state index in [2.05, 4.69) is 60.3 Å². The number of benzene rings is 2. The second-order valence-corrected chi connectivity index (χ2v) is 11.1. The number of nitrogens with one attached hydrogen (secondary N) is 2. The normalized spacial score (nSPS) is 10.9. The Labute approximate surface area is 249 Å². The van der Waals surface area contributed by atoms with Crippen molar-refractivity contribution in [3.8, 4) is 0 Å². The summed E-state index contributed by atoms with van der Waals surface area (Å²) in [6.45, 7) is 4.13. The van der Waals surface area contributed by atoms with Gasteiger partial charge in [0, 0.05) is 21.9 Å². The molecule has 4 N–H and O–H groups in total. The van der Waals surface area contributed by atoms with Crippen LogP contribution in [0.25, 0.3) is 11.0 Å². The molecule has 0 spiro atoms. The quantitative estimate of drug-likeness (QED) is 0.158. The molecule has 0 bridgehead atoms. The Bertz CT molecular complexity index is 1720. The van der Waals surface area contributed by atoms with Crippen molar-refractivity contribution in [3.05, 3.63) is 101 Å². The molecule has 0 unspecified atom stereocenters. The Balaban J connectivity index is 1.54. The van der Waals surface area contributed by atoms with Gasteiger partial charge in [-0.2, -0.15) is 0 Å². The number of nitrogens with zero attached hydrogens (tertiary/aromatic N) is 5. The molecular weight excluding hydrogens is 604 g/mol. The number of para-hydroxylation sites is 1. The van der Waals surface area contributed by atoms with Crippen molar-refractivity contribution >= 4 is 73.9 Å². The molecule has 5 rings (SSSR count). The molecule has 0 aliphatic heterocycles. The first-order valence-corrected chi connectivity index (χ1v) is 14.1. The van der Waals surface area contributed by atoms with E-state index in [1.807, 2.05) is 30.3 Å². The van der Waals surface area contributed by atoms with Gasteiger partial charge < -0.3 is 16.4 Å². The Hall–Kier alpha value is -4.55. The van der Waals surface area contributed by atoms with E-state index in [1.54, 1.807) is 48.7 Å². The average molecular weight is 630 g/mol. The summed E-state index contributed by atoms with van der Waals surface area (Å²) in [5, 5.41) is 6.84. The molecule has 206 valence electrons. The fraction of sp³-hybridized carbons (Fsp3) is 0.103. The van der Waals surface area contributed by atoms with E-state index < -0.39 is 6.03 Å². The van der Waals surface area contributed by atoms with E-state index in [9.17, 15) is 9.59 Å². The van der Waals surface area contributed by atoms with Gasteiger partial charge in [-0.25, -0.2) is 29.0 Å². The van der Waals surface area contributed by atoms with E-state index >= 15 is 0 Å². The number of nitrogens with two attached hydrogens (primary N) is 1. The number of carbonyl (C=O) groups is 2. The summed E-state index contributed by atoms with van der Waals surface area (Å²) in [5.74, 6) is 0.785. The molecule has 3 amide bonds. The number of primary amides is 1. The molecule has 12 heteroatoms. The fourth-order valence-corrected chi connectivity index (χ4v) is 4.96. The zero-order valence-corrected chi connectivity index (χ0v) is 24.5. The minimum Gasteiger partial charge on any atom is -0.350 e. The largest absolute Gasteiger partial charge is 0.350 e. The first-order valence-electron chi connectivity index (χ1n) is 12.6. The van der Waals surface area contributed by atoms with Crippen molar-refractivity contribution in [2.75, 3.05) is 14.9 Å². The van der Waals surface area contributed by atoms with Gasteiger partial charge in [0.2, 0.25) is 0 Å². The van der Waals surface area contributed by atoms with Crippen molar-refractivity contribution in [3.63, 3.8) is 0 Å². The van der Waals surface area contributed by atoms with Crippen LogP contribution in [0.1, 0.15) is 35.8 Å². The monoisotopic (exact) mass is 628 g/mol. The summed E-state index contributed by atoms with van der Waals surface area (Å²) in [6, 6.07) is 20.9. The van der Waals surface area contributed by atoms with Crippen molar-refractivity contribution < 1.29 is 9.59 Å². The number of pyridine rings is 2. The minimum atomic E-state index is -0.645. The summed E-state index contributed by atoms with van der Waals surface area (Å²) in [7, 11) is 0. The molecule has 0 radical (unpaired) electrons. The van der Waals surface area contributed by atoms with Gasteiger partial charge in [0.05, 0.1) is 21.7 Å². The lowest BCUT2D eigenvalue weighted by Gasteiger charge is -2.21. The lowest BCUT2D eigenvalue weighted by Crippen LogP contribution is -2.29. The SMILES string of the molecule is CC(C)c1ccc2c(Nc3cc(C(=O)Nc4ccc(Br)cn4)ccc3SN(C(N)=O)c3ccccc3)ncnc2n1. The van der Waals surface area contributed by atoms with Crippen LogP contribution in [-0.2, 0) is 0 Å². The highest BCUT2D eigenvalue weighted by Crippen LogP contribution is 2.36. The van der Waals surface area contributed by atoms with Crippen molar-refractivity contribution in [2.45, 2.75) is 24.7 Å². The third kappa shape index (κ3) is 6.61. The number of fused-ring (bicyclic) bond motifs is 1. The van der Waals surface area contributed by atoms with Gasteiger partial charge in [0.25, 0.3) is 5.91 Å². The lowest BCUT2D eigenvalue weighted by atomic mass is 10.1. The van der Waals surface area contributed by atoms with Crippen LogP contribution < -0.4 is 20.7 Å². The Kier molecular flexibility index (Phi) is 8.41. The van der Waals surface area contributed by atoms with E-state index in [0.29, 0.717) is 44.5 Å². The van der Waals surface area contributed by atoms with Crippen molar-refractivity contribution in [2.24, 2.45) is 5.73 Å². The number of halogens is 1. The maximum atomic E-state index is 13.2. The molecule has 3 heterocycles. The van der Waals surface area contributed by atoms with Gasteiger partial charge in [0.15, 0.2) is 5.65 Å². The van der Waals surface area contributed by atoms with Crippen LogP contribution in [0.2, 0.25) is 0 Å². The zero-order valence-electron chi connectivity index (χ0n) is 22.1. The Morgan fingerprint density at radius 3 is 2.49 bits per heavy atom. The molecule has 0 fully saturated rings. The third-order valence-corrected chi connectivity index (χ3v) is 7.55. The zero-order chi connectivity index (χ0) is 28.9. The summed E-state index contributed by atoms with van der Waals surface area (Å²) in [5.41, 5.74) is 8.71. The predicted molar refractivity (Wildman–Crippen MR) is 165 cm³/mol. The van der Waals surface area contributed by atoms with Crippen molar-refractivity contribution in [1.29, 1.82) is 0 Å². The number of anilines is 4. The Morgan fingerprint density at radius 1 is 0.976 bits per heavy atom. The summed E-state index contributed by atoms with van der Waals surface area (Å²) in [4.78, 5) is 43.9. The van der Waals surface area contributed by atoms with Gasteiger partial charge in [-0.15, -0.1) is 0 Å². The number of hydrogen-bond donors (Lipinski definition) is 3. The van der Waals surface area contributed by atoms with Crippen LogP contribution in [-0.4, -0.2) is 31.9 Å². The number of amides is 3. The number of hydrogen-bond acceptors (Lipinski definition) is 8. The number of urea groups is 1. The predicted octanol–water partition coefficient (Wildman–Crippen LogP) is 6.89. The molecule has 3 aromatic heterocycles. The van der Waals surface area contributed by atoms with E-state index in [-0.39, 0.29) is 11.8 Å². The Morgan fingerprint density at radius 2 is 1.78 bits per heavy atom. The number of carbonyl (C=O) groups excluding carboxylic acids is 2. The topological polar surface area (TPSA) is 139 Å². The highest BCUT2D eigenvalue weighted by Gasteiger charge is 2.19. The second-order valence-electron chi connectivity index (χ2n) is 9.20. The average Bonchev–Trinajstić information content (AvgIpc) is 2.97. The van der Waals surface area contributed by atoms with Gasteiger partial charge in [-0.1, -0.05) is 32.0 Å². The number of rotatable bonds is 8. The highest BCUT2D eigenvalue weighted by molar-refractivity contribution is 9.10. The van der Waals surface area contributed by atoms with Crippen molar-refractivity contribution in [1.82, 2.24) is 19.9 Å². The van der Waals surface area contributed by atoms with Crippen LogP contribution in [0.5, 0.6) is 0 Å². The maximum Gasteiger partial charge on any atom is 0.329 e. The first kappa shape index (κ1) is 28.0. The standard InChI is InChI=1S/C29H25BrN8O2S/c1-17(2)22-11-10-21-26(35-22)33-16-34-27(21)36-23-14-18(28(39)37-25-13-9-19(30)15-32-25)8-12-24(23)41-38(29(31)40)20-6-4-3-5-7-20/h3-17H,1-2H3,(H2,31,40)(H,32,37,39)(H,33,34,35,36). The molecular formula is C29H25BrN8O2S. The van der Waals surface area contributed by atoms with Gasteiger partial charge in [0.1, 0.15) is 18.0 Å². The number of aromatic nitrogens is 4. The smallest absolute Gasteiger partial charge is 0.329 e. The maximum absolute atomic E-state index is 13.2. The summed E-state index contributed by atoms with van der Waals surface area (Å²) >= 11 is 4.46. The minimum absolute atomic E-state index is 0.238.